The van der Waals surface area contributed by atoms with E-state index < -0.39 is 82.7 Å². The largest absolute Gasteiger partial charge is 0.507 e. The first-order valence-corrected chi connectivity index (χ1v) is 12.2. The Morgan fingerprint density at radius 1 is 1.08 bits per heavy atom. The van der Waals surface area contributed by atoms with Crippen molar-refractivity contribution in [2.75, 3.05) is 7.11 Å². The van der Waals surface area contributed by atoms with Crippen LogP contribution in [-0.4, -0.2) is 80.2 Å². The molecule has 6 atom stereocenters. The van der Waals surface area contributed by atoms with E-state index >= 15 is 0 Å². The molecule has 5 rings (SSSR count). The van der Waals surface area contributed by atoms with E-state index in [1.54, 1.807) is 0 Å². The Morgan fingerprint density at radius 2 is 1.76 bits per heavy atom. The van der Waals surface area contributed by atoms with E-state index in [0.717, 1.165) is 6.92 Å². The number of aliphatic hydroxyl groups excluding tert-OH is 2. The fourth-order valence-corrected chi connectivity index (χ4v) is 5.60. The van der Waals surface area contributed by atoms with Crippen LogP contribution in [0.1, 0.15) is 75.8 Å². The molecule has 1 aliphatic heterocycles. The van der Waals surface area contributed by atoms with E-state index in [1.807, 2.05) is 0 Å². The molecule has 3 aliphatic rings. The molecule has 0 amide bonds. The molecule has 0 radical (unpaired) electrons. The van der Waals surface area contributed by atoms with Gasteiger partial charge in [0.05, 0.1) is 42.1 Å². The Labute approximate surface area is 217 Å². The lowest BCUT2D eigenvalue weighted by Crippen LogP contribution is -2.49. The van der Waals surface area contributed by atoms with Crippen LogP contribution in [0.4, 0.5) is 0 Å². The van der Waals surface area contributed by atoms with E-state index in [9.17, 15) is 39.9 Å². The number of rotatable bonds is 4. The van der Waals surface area contributed by atoms with Gasteiger partial charge in [0.1, 0.15) is 29.0 Å². The van der Waals surface area contributed by atoms with Crippen molar-refractivity contribution in [3.8, 4) is 17.2 Å². The molecule has 0 spiro atoms. The minimum atomic E-state index is -2.03. The highest BCUT2D eigenvalue weighted by atomic mass is 16.7. The topological polar surface area (TPSA) is 180 Å². The second-order valence-corrected chi connectivity index (χ2v) is 10.0. The molecule has 0 unspecified atom stereocenters. The summed E-state index contributed by atoms with van der Waals surface area (Å²) in [4.78, 5) is 39.5. The third-order valence-electron chi connectivity index (χ3n) is 7.72. The summed E-state index contributed by atoms with van der Waals surface area (Å²) in [6.07, 6.45) is -6.53. The number of benzene rings is 2. The van der Waals surface area contributed by atoms with Crippen LogP contribution >= 0.6 is 0 Å². The third-order valence-corrected chi connectivity index (χ3v) is 7.72. The van der Waals surface area contributed by atoms with Crippen molar-refractivity contribution < 1.29 is 54.1 Å². The number of fused-ring (bicyclic) bond motifs is 3. The molecule has 2 aromatic carbocycles. The molecule has 11 heteroatoms. The highest BCUT2D eigenvalue weighted by molar-refractivity contribution is 6.31. The summed E-state index contributed by atoms with van der Waals surface area (Å²) in [5.41, 5.74) is -3.22. The maximum absolute atomic E-state index is 13.6. The Kier molecular flexibility index (Phi) is 6.32. The Bertz CT molecular complexity index is 1350. The molecule has 1 saturated heterocycles. The second-order valence-electron chi connectivity index (χ2n) is 10.0. The van der Waals surface area contributed by atoms with Crippen LogP contribution in [0.5, 0.6) is 17.2 Å². The van der Waals surface area contributed by atoms with Gasteiger partial charge in [-0.25, -0.2) is 0 Å². The average molecular weight is 529 g/mol. The number of ether oxygens (including phenoxy) is 3. The van der Waals surface area contributed by atoms with Crippen molar-refractivity contribution >= 4 is 17.3 Å². The van der Waals surface area contributed by atoms with Gasteiger partial charge in [-0.2, -0.15) is 0 Å². The van der Waals surface area contributed by atoms with Crippen LogP contribution in [0.3, 0.4) is 0 Å². The van der Waals surface area contributed by atoms with Gasteiger partial charge in [0, 0.05) is 36.0 Å². The molecule has 11 nitrogen and oxygen atoms in total. The van der Waals surface area contributed by atoms with Crippen LogP contribution in [0.2, 0.25) is 0 Å². The number of aliphatic hydroxyl groups is 3. The van der Waals surface area contributed by atoms with Gasteiger partial charge in [0.2, 0.25) is 5.78 Å². The van der Waals surface area contributed by atoms with Crippen molar-refractivity contribution in [3.05, 3.63) is 51.6 Å². The molecule has 5 N–H and O–H groups in total. The van der Waals surface area contributed by atoms with Gasteiger partial charge in [-0.3, -0.25) is 14.4 Å². The van der Waals surface area contributed by atoms with E-state index in [-0.39, 0.29) is 40.8 Å². The normalized spacial score (nSPS) is 30.3. The van der Waals surface area contributed by atoms with Crippen LogP contribution in [0, 0.1) is 0 Å². The molecule has 0 bridgehead atoms. The molecule has 202 valence electrons. The predicted octanol–water partition coefficient (Wildman–Crippen LogP) is 1.06. The number of hydrogen-bond donors (Lipinski definition) is 5. The van der Waals surface area contributed by atoms with Gasteiger partial charge in [0.25, 0.3) is 0 Å². The van der Waals surface area contributed by atoms with E-state index in [1.165, 1.54) is 32.2 Å². The summed E-state index contributed by atoms with van der Waals surface area (Å²) in [7, 11) is 1.33. The number of hydrogen-bond acceptors (Lipinski definition) is 11. The summed E-state index contributed by atoms with van der Waals surface area (Å²) in [6, 6.07) is 4.40. The van der Waals surface area contributed by atoms with Crippen LogP contribution in [0.15, 0.2) is 18.2 Å². The SMILES string of the molecule is COc1cccc2c1C(=O)c1c(O)c3c(c(O)c1C2=O)C[C@@](O)(C(C)=O)C[C@H]3O[C@H]1C[C@@H](O)[C@@H](O)[C@@H](C)O1. The molecular weight excluding hydrogens is 500 g/mol. The maximum Gasteiger partial charge on any atom is 0.202 e. The van der Waals surface area contributed by atoms with Crippen molar-refractivity contribution in [3.63, 3.8) is 0 Å². The summed E-state index contributed by atoms with van der Waals surface area (Å²) >= 11 is 0. The number of Topliss-reactive ketones (excluding diaryl/α,β-unsaturated/α-hetero) is 1. The predicted molar refractivity (Wildman–Crippen MR) is 128 cm³/mol. The first-order chi connectivity index (χ1) is 17.9. The minimum absolute atomic E-state index is 0.0286. The van der Waals surface area contributed by atoms with E-state index in [4.69, 9.17) is 14.2 Å². The molecular formula is C27H28O11. The highest BCUT2D eigenvalue weighted by Gasteiger charge is 2.49. The summed E-state index contributed by atoms with van der Waals surface area (Å²) in [5, 5.41) is 54.1. The number of carbonyl (C=O) groups excluding carboxylic acids is 3. The lowest BCUT2D eigenvalue weighted by Gasteiger charge is -2.41. The standard InChI is InChI=1S/C27H28O11/c1-10-22(30)14(29)7-17(37-10)38-16-9-27(35,11(2)28)8-13-19(16)26(34)21-20(24(13)32)23(31)12-5-4-6-15(36-3)18(12)25(21)33/h4-6,10,14,16-17,22,29-30,32,34-35H,7-9H2,1-3H3/t10-,14-,16-,17+,22+,27+/m1/s1. The van der Waals surface area contributed by atoms with Crippen LogP contribution < -0.4 is 4.74 Å². The molecule has 2 aromatic rings. The zero-order chi connectivity index (χ0) is 27.7. The van der Waals surface area contributed by atoms with Crippen molar-refractivity contribution in [1.82, 2.24) is 0 Å². The minimum Gasteiger partial charge on any atom is -0.507 e. The summed E-state index contributed by atoms with van der Waals surface area (Å²) < 4.78 is 16.9. The first kappa shape index (κ1) is 26.3. The first-order valence-electron chi connectivity index (χ1n) is 12.2. The van der Waals surface area contributed by atoms with Gasteiger partial charge in [-0.15, -0.1) is 0 Å². The average Bonchev–Trinajstić information content (AvgIpc) is 2.87. The van der Waals surface area contributed by atoms with Crippen LogP contribution in [0.25, 0.3) is 0 Å². The van der Waals surface area contributed by atoms with Gasteiger partial charge >= 0.3 is 0 Å². The lowest BCUT2D eigenvalue weighted by molar-refractivity contribution is -0.265. The summed E-state index contributed by atoms with van der Waals surface area (Å²) in [6.45, 7) is 2.69. The second kappa shape index (κ2) is 9.14. The Hall–Kier alpha value is -3.35. The Balaban J connectivity index is 1.68. The fraction of sp³-hybridized carbons (Fsp3) is 0.444. The fourth-order valence-electron chi connectivity index (χ4n) is 5.60. The molecule has 2 aliphatic carbocycles. The van der Waals surface area contributed by atoms with Crippen molar-refractivity contribution in [2.24, 2.45) is 0 Å². The van der Waals surface area contributed by atoms with Gasteiger partial charge < -0.3 is 39.7 Å². The number of phenolic OH excluding ortho intramolecular Hbond substituents is 2. The zero-order valence-corrected chi connectivity index (χ0v) is 20.9. The number of phenols is 2. The number of ketones is 3. The molecule has 1 heterocycles. The smallest absolute Gasteiger partial charge is 0.202 e. The molecule has 38 heavy (non-hydrogen) atoms. The number of carbonyl (C=O) groups is 3. The quantitative estimate of drug-likeness (QED) is 0.306. The highest BCUT2D eigenvalue weighted by Crippen LogP contribution is 2.52. The number of methoxy groups -OCH3 is 1. The maximum atomic E-state index is 13.6. The van der Waals surface area contributed by atoms with Gasteiger partial charge in [-0.05, 0) is 19.9 Å². The van der Waals surface area contributed by atoms with E-state index in [2.05, 4.69) is 0 Å². The number of aromatic hydroxyl groups is 2. The van der Waals surface area contributed by atoms with Crippen molar-refractivity contribution in [1.29, 1.82) is 0 Å². The molecule has 0 saturated carbocycles. The third kappa shape index (κ3) is 3.81. The van der Waals surface area contributed by atoms with Crippen LogP contribution in [-0.2, 0) is 20.7 Å². The van der Waals surface area contributed by atoms with E-state index in [0.29, 0.717) is 0 Å². The van der Waals surface area contributed by atoms with Crippen molar-refractivity contribution in [2.45, 2.75) is 69.4 Å². The summed E-state index contributed by atoms with van der Waals surface area (Å²) in [5.74, 6) is -3.31. The zero-order valence-electron chi connectivity index (χ0n) is 20.9. The lowest BCUT2D eigenvalue weighted by atomic mass is 9.72. The molecule has 0 aromatic heterocycles. The van der Waals surface area contributed by atoms with Gasteiger partial charge in [0.15, 0.2) is 17.9 Å². The monoisotopic (exact) mass is 528 g/mol. The van der Waals surface area contributed by atoms with Gasteiger partial charge in [-0.1, -0.05) is 12.1 Å². The molecule has 1 fully saturated rings. The Morgan fingerprint density at radius 3 is 2.39 bits per heavy atom.